The molecule has 9 heteroatoms. The molecule has 2 aliphatic heterocycles. The molecule has 1 aromatic carbocycles. The molecule has 34 heavy (non-hydrogen) atoms. The van der Waals surface area contributed by atoms with Gasteiger partial charge in [0.1, 0.15) is 17.7 Å². The van der Waals surface area contributed by atoms with E-state index in [0.717, 1.165) is 11.1 Å². The summed E-state index contributed by atoms with van der Waals surface area (Å²) in [5.41, 5.74) is 8.03. The molecular formula is C25H38N4O5. The van der Waals surface area contributed by atoms with Crippen LogP contribution in [0, 0.1) is 5.92 Å². The topological polar surface area (TPSA) is 114 Å². The molecule has 2 aliphatic rings. The minimum Gasteiger partial charge on any atom is -0.444 e. The van der Waals surface area contributed by atoms with Crippen molar-refractivity contribution < 1.29 is 23.9 Å². The van der Waals surface area contributed by atoms with Crippen molar-refractivity contribution in [3.63, 3.8) is 0 Å². The number of amides is 3. The number of ether oxygens (including phenoxy) is 2. The predicted molar refractivity (Wildman–Crippen MR) is 129 cm³/mol. The Labute approximate surface area is 201 Å². The molecule has 0 aromatic heterocycles. The van der Waals surface area contributed by atoms with Crippen LogP contribution in [0.5, 0.6) is 0 Å². The first kappa shape index (κ1) is 25.8. The minimum atomic E-state index is -0.807. The van der Waals surface area contributed by atoms with Crippen LogP contribution in [0.3, 0.4) is 0 Å². The summed E-state index contributed by atoms with van der Waals surface area (Å²) in [6.45, 7) is 10.5. The Hall–Kier alpha value is -2.81. The van der Waals surface area contributed by atoms with Crippen LogP contribution in [-0.4, -0.2) is 65.7 Å². The van der Waals surface area contributed by atoms with Crippen LogP contribution >= 0.6 is 0 Å². The SMILES string of the molecule is CC1c2ccc(N)cc2CN1C(=O)C(NC(=O)[C@H](C)N(C)C(=O)OC(C)(C)C)C1CCOCC1. The molecule has 3 atom stereocenters. The Bertz CT molecular complexity index is 922. The fourth-order valence-corrected chi connectivity index (χ4v) is 4.48. The van der Waals surface area contributed by atoms with Crippen LogP contribution < -0.4 is 11.1 Å². The Balaban J connectivity index is 1.77. The zero-order chi connectivity index (χ0) is 25.2. The molecular weight excluding hydrogens is 436 g/mol. The number of anilines is 1. The van der Waals surface area contributed by atoms with Crippen molar-refractivity contribution in [1.29, 1.82) is 0 Å². The number of carbonyl (C=O) groups is 3. The second-order valence-electron chi connectivity index (χ2n) is 10.3. The molecule has 1 aromatic rings. The maximum absolute atomic E-state index is 13.8. The van der Waals surface area contributed by atoms with Gasteiger partial charge in [0.25, 0.3) is 0 Å². The Morgan fingerprint density at radius 2 is 1.88 bits per heavy atom. The highest BCUT2D eigenvalue weighted by Gasteiger charge is 2.40. The number of nitrogens with zero attached hydrogens (tertiary/aromatic N) is 2. The van der Waals surface area contributed by atoms with Gasteiger partial charge in [-0.25, -0.2) is 4.79 Å². The van der Waals surface area contributed by atoms with Gasteiger partial charge in [-0.05, 0) is 76.6 Å². The molecule has 2 heterocycles. The predicted octanol–water partition coefficient (Wildman–Crippen LogP) is 2.84. The van der Waals surface area contributed by atoms with Crippen LogP contribution in [0.4, 0.5) is 10.5 Å². The molecule has 3 N–H and O–H groups in total. The highest BCUT2D eigenvalue weighted by Crippen LogP contribution is 2.36. The monoisotopic (exact) mass is 474 g/mol. The number of hydrogen-bond acceptors (Lipinski definition) is 6. The standard InChI is InChI=1S/C25H38N4O5/c1-15-20-8-7-19(26)13-18(20)14-29(15)23(31)21(17-9-11-33-12-10-17)27-22(30)16(2)28(6)24(32)34-25(3,4)5/h7-8,13,15-17,21H,9-12,14,26H2,1-6H3,(H,27,30)/t15?,16-,21?/m0/s1. The second kappa shape index (κ2) is 10.2. The minimum absolute atomic E-state index is 0.0507. The second-order valence-corrected chi connectivity index (χ2v) is 10.3. The van der Waals surface area contributed by atoms with Crippen molar-refractivity contribution in [3.05, 3.63) is 29.3 Å². The summed E-state index contributed by atoms with van der Waals surface area (Å²) in [7, 11) is 1.52. The van der Waals surface area contributed by atoms with E-state index in [0.29, 0.717) is 38.3 Å². The fraction of sp³-hybridized carbons (Fsp3) is 0.640. The molecule has 0 bridgehead atoms. The van der Waals surface area contributed by atoms with Crippen molar-refractivity contribution in [2.45, 2.75) is 77.7 Å². The van der Waals surface area contributed by atoms with Crippen molar-refractivity contribution >= 4 is 23.6 Å². The molecule has 0 spiro atoms. The lowest BCUT2D eigenvalue weighted by Gasteiger charge is -2.35. The maximum atomic E-state index is 13.8. The molecule has 188 valence electrons. The Morgan fingerprint density at radius 3 is 2.50 bits per heavy atom. The number of likely N-dealkylation sites (N-methyl/N-ethyl adjacent to an activating group) is 1. The van der Waals surface area contributed by atoms with Gasteiger partial charge in [-0.1, -0.05) is 6.07 Å². The summed E-state index contributed by atoms with van der Waals surface area (Å²) in [5.74, 6) is -0.577. The van der Waals surface area contributed by atoms with Crippen LogP contribution in [0.1, 0.15) is 64.6 Å². The lowest BCUT2D eigenvalue weighted by Crippen LogP contribution is -2.57. The summed E-state index contributed by atoms with van der Waals surface area (Å²) in [6, 6.07) is 4.07. The van der Waals surface area contributed by atoms with E-state index in [-0.39, 0.29) is 17.9 Å². The number of nitrogens with two attached hydrogens (primary N) is 1. The Morgan fingerprint density at radius 1 is 1.24 bits per heavy atom. The third-order valence-corrected chi connectivity index (χ3v) is 6.65. The smallest absolute Gasteiger partial charge is 0.410 e. The van der Waals surface area contributed by atoms with E-state index in [1.807, 2.05) is 25.1 Å². The number of fused-ring (bicyclic) bond motifs is 1. The normalized spacial score (nSPS) is 20.3. The van der Waals surface area contributed by atoms with Crippen molar-refractivity contribution in [3.8, 4) is 0 Å². The van der Waals surface area contributed by atoms with Crippen LogP contribution in [0.2, 0.25) is 0 Å². The number of rotatable bonds is 5. The van der Waals surface area contributed by atoms with Gasteiger partial charge in [0.15, 0.2) is 0 Å². The number of benzene rings is 1. The van der Waals surface area contributed by atoms with Crippen LogP contribution in [0.25, 0.3) is 0 Å². The summed E-state index contributed by atoms with van der Waals surface area (Å²) in [6.07, 6.45) is 0.759. The van der Waals surface area contributed by atoms with E-state index in [1.54, 1.807) is 32.6 Å². The molecule has 1 fully saturated rings. The Kier molecular flexibility index (Phi) is 7.75. The molecule has 3 amide bonds. The van der Waals surface area contributed by atoms with E-state index in [1.165, 1.54) is 11.9 Å². The molecule has 9 nitrogen and oxygen atoms in total. The maximum Gasteiger partial charge on any atom is 0.410 e. The summed E-state index contributed by atoms with van der Waals surface area (Å²) >= 11 is 0. The van der Waals surface area contributed by atoms with Crippen LogP contribution in [-0.2, 0) is 25.6 Å². The van der Waals surface area contributed by atoms with E-state index in [2.05, 4.69) is 5.32 Å². The third-order valence-electron chi connectivity index (χ3n) is 6.65. The van der Waals surface area contributed by atoms with E-state index >= 15 is 0 Å². The molecule has 2 unspecified atom stereocenters. The van der Waals surface area contributed by atoms with Gasteiger partial charge in [0, 0.05) is 32.5 Å². The highest BCUT2D eigenvalue weighted by molar-refractivity contribution is 5.91. The van der Waals surface area contributed by atoms with Gasteiger partial charge >= 0.3 is 6.09 Å². The average Bonchev–Trinajstić information content (AvgIpc) is 3.10. The van der Waals surface area contributed by atoms with E-state index < -0.39 is 29.7 Å². The van der Waals surface area contributed by atoms with Crippen molar-refractivity contribution in [2.75, 3.05) is 26.0 Å². The molecule has 3 rings (SSSR count). The summed E-state index contributed by atoms with van der Waals surface area (Å²) in [5, 5.41) is 2.96. The molecule has 0 saturated carbocycles. The number of carbonyl (C=O) groups excluding carboxylic acids is 3. The molecule has 0 radical (unpaired) electrons. The van der Waals surface area contributed by atoms with Crippen molar-refractivity contribution in [1.82, 2.24) is 15.1 Å². The first-order valence-corrected chi connectivity index (χ1v) is 11.9. The lowest BCUT2D eigenvalue weighted by atomic mass is 9.90. The quantitative estimate of drug-likeness (QED) is 0.635. The van der Waals surface area contributed by atoms with Gasteiger partial charge in [-0.15, -0.1) is 0 Å². The average molecular weight is 475 g/mol. The van der Waals surface area contributed by atoms with Gasteiger partial charge in [-0.3, -0.25) is 14.5 Å². The van der Waals surface area contributed by atoms with Gasteiger partial charge in [0.2, 0.25) is 11.8 Å². The lowest BCUT2D eigenvalue weighted by molar-refractivity contribution is -0.141. The summed E-state index contributed by atoms with van der Waals surface area (Å²) in [4.78, 5) is 42.5. The zero-order valence-electron chi connectivity index (χ0n) is 21.1. The van der Waals surface area contributed by atoms with Crippen LogP contribution in [0.15, 0.2) is 18.2 Å². The molecule has 0 aliphatic carbocycles. The van der Waals surface area contributed by atoms with Gasteiger partial charge in [-0.2, -0.15) is 0 Å². The number of nitrogens with one attached hydrogen (secondary N) is 1. The fourth-order valence-electron chi connectivity index (χ4n) is 4.48. The number of hydrogen-bond donors (Lipinski definition) is 2. The summed E-state index contributed by atoms with van der Waals surface area (Å²) < 4.78 is 10.9. The van der Waals surface area contributed by atoms with E-state index in [4.69, 9.17) is 15.2 Å². The molecule has 1 saturated heterocycles. The van der Waals surface area contributed by atoms with E-state index in [9.17, 15) is 14.4 Å². The third kappa shape index (κ3) is 5.81. The van der Waals surface area contributed by atoms with Crippen molar-refractivity contribution in [2.24, 2.45) is 5.92 Å². The largest absolute Gasteiger partial charge is 0.444 e. The first-order valence-electron chi connectivity index (χ1n) is 11.9. The number of nitrogen functional groups attached to an aromatic ring is 1. The first-order chi connectivity index (χ1) is 15.9. The van der Waals surface area contributed by atoms with Gasteiger partial charge < -0.3 is 25.4 Å². The highest BCUT2D eigenvalue weighted by atomic mass is 16.6. The van der Waals surface area contributed by atoms with Gasteiger partial charge in [0.05, 0.1) is 6.04 Å². The zero-order valence-corrected chi connectivity index (χ0v) is 21.1.